The average molecular weight is 264 g/mol. The predicted octanol–water partition coefficient (Wildman–Crippen LogP) is 3.14. The van der Waals surface area contributed by atoms with Gasteiger partial charge in [-0.25, -0.2) is 4.98 Å². The molecule has 0 amide bonds. The summed E-state index contributed by atoms with van der Waals surface area (Å²) < 4.78 is 0. The van der Waals surface area contributed by atoms with Crippen molar-refractivity contribution in [1.29, 1.82) is 0 Å². The highest BCUT2D eigenvalue weighted by atomic mass is 32.1. The topological polar surface area (TPSA) is 33.2 Å². The van der Waals surface area contributed by atoms with Crippen molar-refractivity contribution in [2.75, 3.05) is 18.0 Å². The van der Waals surface area contributed by atoms with Crippen LogP contribution in [0.3, 0.4) is 0 Å². The summed E-state index contributed by atoms with van der Waals surface area (Å²) in [6, 6.07) is 0. The molecule has 3 rings (SSSR count). The average Bonchev–Trinajstić information content (AvgIpc) is 2.82. The molecule has 0 N–H and O–H groups in total. The van der Waals surface area contributed by atoms with Gasteiger partial charge in [0.2, 0.25) is 0 Å². The smallest absolute Gasteiger partial charge is 0.186 e. The number of fused-ring (bicyclic) bond motifs is 1. The fourth-order valence-electron chi connectivity index (χ4n) is 2.95. The van der Waals surface area contributed by atoms with E-state index in [9.17, 15) is 4.79 Å². The van der Waals surface area contributed by atoms with Gasteiger partial charge < -0.3 is 4.90 Å². The Kier molecular flexibility index (Phi) is 2.73. The minimum absolute atomic E-state index is 0.0771. The van der Waals surface area contributed by atoms with E-state index in [-0.39, 0.29) is 11.2 Å². The van der Waals surface area contributed by atoms with Crippen molar-refractivity contribution >= 4 is 22.3 Å². The molecule has 1 aromatic heterocycles. The molecular formula is C14H20N2OS. The number of Topliss-reactive ketones (excluding diaryl/α,β-unsaturated/α-hetero) is 1. The molecule has 98 valence electrons. The monoisotopic (exact) mass is 264 g/mol. The molecule has 0 aromatic carbocycles. The Morgan fingerprint density at radius 1 is 1.39 bits per heavy atom. The highest BCUT2D eigenvalue weighted by Crippen LogP contribution is 2.40. The van der Waals surface area contributed by atoms with Crippen LogP contribution in [0, 0.1) is 11.3 Å². The number of ketones is 1. The highest BCUT2D eigenvalue weighted by Gasteiger charge is 2.35. The van der Waals surface area contributed by atoms with Crippen LogP contribution in [-0.4, -0.2) is 23.9 Å². The second-order valence-electron chi connectivity index (χ2n) is 6.55. The molecule has 0 radical (unpaired) electrons. The Bertz CT molecular complexity index is 492. The number of carbonyl (C=O) groups excluding carboxylic acids is 1. The Labute approximate surface area is 112 Å². The van der Waals surface area contributed by atoms with Gasteiger partial charge in [-0.05, 0) is 24.2 Å². The molecule has 2 heterocycles. The lowest BCUT2D eigenvalue weighted by Crippen LogP contribution is -2.26. The van der Waals surface area contributed by atoms with Gasteiger partial charge in [0.05, 0.1) is 10.6 Å². The number of anilines is 1. The van der Waals surface area contributed by atoms with Crippen LogP contribution in [0.1, 0.15) is 49.0 Å². The number of nitrogens with zero attached hydrogens (tertiary/aromatic N) is 2. The predicted molar refractivity (Wildman–Crippen MR) is 74.5 cm³/mol. The van der Waals surface area contributed by atoms with Gasteiger partial charge in [0, 0.05) is 19.5 Å². The number of aromatic nitrogens is 1. The first-order valence-electron chi connectivity index (χ1n) is 6.72. The van der Waals surface area contributed by atoms with Crippen LogP contribution in [0.2, 0.25) is 0 Å². The fourth-order valence-corrected chi connectivity index (χ4v) is 4.01. The third-order valence-corrected chi connectivity index (χ3v) is 5.12. The lowest BCUT2D eigenvalue weighted by atomic mass is 9.78. The second kappa shape index (κ2) is 4.05. The highest BCUT2D eigenvalue weighted by molar-refractivity contribution is 7.17. The molecule has 1 aliphatic heterocycles. The second-order valence-corrected chi connectivity index (χ2v) is 7.53. The fraction of sp³-hybridized carbons (Fsp3) is 0.714. The summed E-state index contributed by atoms with van der Waals surface area (Å²) in [7, 11) is 0. The molecule has 0 bridgehead atoms. The molecular weight excluding hydrogens is 244 g/mol. The molecule has 1 saturated heterocycles. The number of thiazole rings is 1. The van der Waals surface area contributed by atoms with Crippen molar-refractivity contribution in [3.8, 4) is 0 Å². The summed E-state index contributed by atoms with van der Waals surface area (Å²) >= 11 is 1.61. The molecule has 4 heteroatoms. The van der Waals surface area contributed by atoms with Gasteiger partial charge in [-0.15, -0.1) is 0 Å². The molecule has 3 nitrogen and oxygen atoms in total. The van der Waals surface area contributed by atoms with E-state index in [1.165, 1.54) is 6.42 Å². The van der Waals surface area contributed by atoms with E-state index in [1.54, 1.807) is 11.3 Å². The normalized spacial score (nSPS) is 26.5. The van der Waals surface area contributed by atoms with Gasteiger partial charge in [-0.1, -0.05) is 32.1 Å². The number of hydrogen-bond acceptors (Lipinski definition) is 4. The molecule has 1 fully saturated rings. The minimum Gasteiger partial charge on any atom is -0.348 e. The van der Waals surface area contributed by atoms with Crippen LogP contribution in [0.25, 0.3) is 0 Å². The lowest BCUT2D eigenvalue weighted by molar-refractivity contribution is 0.0916. The van der Waals surface area contributed by atoms with Crippen LogP contribution >= 0.6 is 11.3 Å². The zero-order valence-electron chi connectivity index (χ0n) is 11.3. The summed E-state index contributed by atoms with van der Waals surface area (Å²) in [4.78, 5) is 20.1. The first kappa shape index (κ1) is 12.2. The van der Waals surface area contributed by atoms with Crippen molar-refractivity contribution in [3.05, 3.63) is 10.6 Å². The third kappa shape index (κ3) is 2.07. The van der Waals surface area contributed by atoms with E-state index < -0.39 is 0 Å². The first-order valence-corrected chi connectivity index (χ1v) is 7.54. The Morgan fingerprint density at radius 3 is 2.83 bits per heavy atom. The molecule has 1 unspecified atom stereocenters. The quantitative estimate of drug-likeness (QED) is 0.781. The van der Waals surface area contributed by atoms with Crippen molar-refractivity contribution in [2.24, 2.45) is 11.3 Å². The summed E-state index contributed by atoms with van der Waals surface area (Å²) in [5, 5.41) is 1.07. The minimum atomic E-state index is 0.0771. The van der Waals surface area contributed by atoms with Crippen LogP contribution < -0.4 is 4.90 Å². The zero-order chi connectivity index (χ0) is 12.9. The maximum atomic E-state index is 12.1. The van der Waals surface area contributed by atoms with Gasteiger partial charge >= 0.3 is 0 Å². The van der Waals surface area contributed by atoms with E-state index in [0.717, 1.165) is 41.1 Å². The van der Waals surface area contributed by atoms with Crippen LogP contribution in [0.5, 0.6) is 0 Å². The maximum absolute atomic E-state index is 12.1. The van der Waals surface area contributed by atoms with Crippen LogP contribution in [0.4, 0.5) is 5.13 Å². The SMILES string of the molecule is CC1CCN(c2nc3c(s2)C(=O)CC(C)(C)C3)C1. The summed E-state index contributed by atoms with van der Waals surface area (Å²) in [6.45, 7) is 8.77. The van der Waals surface area contributed by atoms with Crippen LogP contribution in [-0.2, 0) is 6.42 Å². The number of rotatable bonds is 1. The van der Waals surface area contributed by atoms with Crippen molar-refractivity contribution < 1.29 is 4.79 Å². The Hall–Kier alpha value is -0.900. The summed E-state index contributed by atoms with van der Waals surface area (Å²) in [5.74, 6) is 1.04. The molecule has 1 atom stereocenters. The van der Waals surface area contributed by atoms with Gasteiger partial charge in [0.15, 0.2) is 10.9 Å². The van der Waals surface area contributed by atoms with E-state index in [4.69, 9.17) is 4.98 Å². The maximum Gasteiger partial charge on any atom is 0.186 e. The lowest BCUT2D eigenvalue weighted by Gasteiger charge is -2.26. The molecule has 1 aliphatic carbocycles. The van der Waals surface area contributed by atoms with Gasteiger partial charge in [0.1, 0.15) is 0 Å². The molecule has 2 aliphatic rings. The largest absolute Gasteiger partial charge is 0.348 e. The van der Waals surface area contributed by atoms with E-state index >= 15 is 0 Å². The van der Waals surface area contributed by atoms with Crippen molar-refractivity contribution in [1.82, 2.24) is 4.98 Å². The standard InChI is InChI=1S/C14H20N2OS/c1-9-4-5-16(8-9)13-15-10-6-14(2,3)7-11(17)12(10)18-13/h9H,4-8H2,1-3H3. The third-order valence-electron chi connectivity index (χ3n) is 3.92. The van der Waals surface area contributed by atoms with Crippen LogP contribution in [0.15, 0.2) is 0 Å². The molecule has 1 aromatic rings. The van der Waals surface area contributed by atoms with Crippen molar-refractivity contribution in [2.45, 2.75) is 40.0 Å². The van der Waals surface area contributed by atoms with E-state index in [0.29, 0.717) is 6.42 Å². The van der Waals surface area contributed by atoms with E-state index in [2.05, 4.69) is 25.7 Å². The molecule has 18 heavy (non-hydrogen) atoms. The number of hydrogen-bond donors (Lipinski definition) is 0. The molecule has 0 saturated carbocycles. The van der Waals surface area contributed by atoms with Gasteiger partial charge in [-0.2, -0.15) is 0 Å². The number of carbonyl (C=O) groups is 1. The van der Waals surface area contributed by atoms with Crippen molar-refractivity contribution in [3.63, 3.8) is 0 Å². The van der Waals surface area contributed by atoms with Gasteiger partial charge in [-0.3, -0.25) is 4.79 Å². The van der Waals surface area contributed by atoms with E-state index in [1.807, 2.05) is 0 Å². The summed E-state index contributed by atoms with van der Waals surface area (Å²) in [5.41, 5.74) is 1.11. The summed E-state index contributed by atoms with van der Waals surface area (Å²) in [6.07, 6.45) is 2.84. The zero-order valence-corrected chi connectivity index (χ0v) is 12.1. The Balaban J connectivity index is 1.91. The first-order chi connectivity index (χ1) is 8.44. The van der Waals surface area contributed by atoms with Gasteiger partial charge in [0.25, 0.3) is 0 Å². The Morgan fingerprint density at radius 2 is 2.17 bits per heavy atom. The molecule has 0 spiro atoms.